The van der Waals surface area contributed by atoms with Gasteiger partial charge in [0.1, 0.15) is 11.7 Å². The fraction of sp³-hybridized carbons (Fsp3) is 0.800. The molecule has 0 aliphatic carbocycles. The minimum Gasteiger partial charge on any atom is -0.299 e. The van der Waals surface area contributed by atoms with Crippen LogP contribution in [-0.2, 0) is 9.59 Å². The highest BCUT2D eigenvalue weighted by Gasteiger charge is 2.26. The maximum absolute atomic E-state index is 11.2. The molecule has 0 radical (unpaired) electrons. The Morgan fingerprint density at radius 3 is 1.50 bits per heavy atom. The Kier molecular flexibility index (Phi) is 7.78. The molecule has 0 fully saturated rings. The van der Waals surface area contributed by atoms with Crippen LogP contribution in [0.4, 0.5) is 0 Å². The number of hydrogen-bond donors (Lipinski definition) is 0. The smallest absolute Gasteiger partial charge is 0.154 e. The Labute approximate surface area is 112 Å². The van der Waals surface area contributed by atoms with Crippen LogP contribution < -0.4 is 0 Å². The molecule has 104 valence electrons. The summed E-state index contributed by atoms with van der Waals surface area (Å²) in [5, 5.41) is 8.40. The van der Waals surface area contributed by atoms with E-state index in [0.717, 1.165) is 0 Å². The summed E-state index contributed by atoms with van der Waals surface area (Å²) in [6.07, 6.45) is 0.656. The number of nitriles is 1. The average molecular weight is 253 g/mol. The fourth-order valence-corrected chi connectivity index (χ4v) is 1.24. The van der Waals surface area contributed by atoms with Gasteiger partial charge < -0.3 is 0 Å². The van der Waals surface area contributed by atoms with Crippen LogP contribution in [0.15, 0.2) is 0 Å². The number of Topliss-reactive ketones (excluding diaryl/α,β-unsaturated/α-hetero) is 2. The quantitative estimate of drug-likeness (QED) is 0.752. The third-order valence-corrected chi connectivity index (χ3v) is 2.48. The molecule has 3 nitrogen and oxygen atoms in total. The molecule has 0 aromatic carbocycles. The Balaban J connectivity index is 0. The summed E-state index contributed by atoms with van der Waals surface area (Å²) in [5.41, 5.74) is -0.510. The highest BCUT2D eigenvalue weighted by Crippen LogP contribution is 2.19. The van der Waals surface area contributed by atoms with E-state index in [0.29, 0.717) is 12.2 Å². The van der Waals surface area contributed by atoms with Gasteiger partial charge in [0, 0.05) is 17.3 Å². The summed E-state index contributed by atoms with van der Waals surface area (Å²) in [5.74, 6) is -0.132. The average Bonchev–Trinajstić information content (AvgIpc) is 2.24. The van der Waals surface area contributed by atoms with Crippen molar-refractivity contribution in [1.29, 1.82) is 5.26 Å². The van der Waals surface area contributed by atoms with Crippen molar-refractivity contribution < 1.29 is 9.59 Å². The number of hydrogen-bond acceptors (Lipinski definition) is 3. The van der Waals surface area contributed by atoms with Crippen molar-refractivity contribution in [3.05, 3.63) is 0 Å². The van der Waals surface area contributed by atoms with Crippen molar-refractivity contribution >= 4 is 11.6 Å². The fourth-order valence-electron chi connectivity index (χ4n) is 1.24. The predicted octanol–water partition coefficient (Wildman–Crippen LogP) is 3.77. The molecule has 0 heterocycles. The van der Waals surface area contributed by atoms with Gasteiger partial charge in [-0.15, -0.1) is 0 Å². The minimum atomic E-state index is -0.472. The molecule has 18 heavy (non-hydrogen) atoms. The van der Waals surface area contributed by atoms with E-state index in [1.165, 1.54) is 0 Å². The van der Waals surface area contributed by atoms with E-state index in [1.807, 2.05) is 54.5 Å². The second kappa shape index (κ2) is 7.31. The van der Waals surface area contributed by atoms with Crippen LogP contribution in [0.25, 0.3) is 0 Å². The molecule has 0 rings (SSSR count). The van der Waals surface area contributed by atoms with Gasteiger partial charge in [-0.3, -0.25) is 9.59 Å². The molecular formula is C15H27NO2. The van der Waals surface area contributed by atoms with Crippen molar-refractivity contribution in [3.8, 4) is 6.07 Å². The van der Waals surface area contributed by atoms with Crippen LogP contribution in [-0.4, -0.2) is 11.6 Å². The van der Waals surface area contributed by atoms with Crippen molar-refractivity contribution in [2.24, 2.45) is 16.7 Å². The maximum atomic E-state index is 11.2. The summed E-state index contributed by atoms with van der Waals surface area (Å²) >= 11 is 0. The summed E-state index contributed by atoms with van der Waals surface area (Å²) in [6.45, 7) is 14.8. The largest absolute Gasteiger partial charge is 0.299 e. The lowest BCUT2D eigenvalue weighted by Gasteiger charge is -2.17. The first kappa shape index (κ1) is 19.2. The first-order valence-electron chi connectivity index (χ1n) is 6.35. The number of nitrogens with zero attached hydrogens (tertiary/aromatic N) is 1. The molecule has 0 amide bonds. The number of carbonyl (C=O) groups is 2. The zero-order valence-corrected chi connectivity index (χ0v) is 13.0. The van der Waals surface area contributed by atoms with Crippen LogP contribution in [0.1, 0.15) is 61.8 Å². The zero-order valence-electron chi connectivity index (χ0n) is 13.0. The normalized spacial score (nSPS) is 12.8. The second-order valence-electron chi connectivity index (χ2n) is 6.49. The van der Waals surface area contributed by atoms with Gasteiger partial charge in [0.25, 0.3) is 0 Å². The van der Waals surface area contributed by atoms with E-state index in [1.54, 1.807) is 6.92 Å². The Morgan fingerprint density at radius 2 is 1.44 bits per heavy atom. The number of ketones is 2. The summed E-state index contributed by atoms with van der Waals surface area (Å²) in [7, 11) is 0. The molecule has 0 aromatic heterocycles. The van der Waals surface area contributed by atoms with E-state index in [2.05, 4.69) is 0 Å². The second-order valence-corrected chi connectivity index (χ2v) is 6.49. The Hall–Kier alpha value is -1.17. The van der Waals surface area contributed by atoms with Gasteiger partial charge in [0.15, 0.2) is 5.78 Å². The first-order valence-corrected chi connectivity index (χ1v) is 6.35. The minimum absolute atomic E-state index is 0.00926. The molecule has 1 unspecified atom stereocenters. The molecule has 0 spiro atoms. The van der Waals surface area contributed by atoms with Gasteiger partial charge in [-0.2, -0.15) is 5.26 Å². The van der Waals surface area contributed by atoms with Crippen molar-refractivity contribution in [3.63, 3.8) is 0 Å². The topological polar surface area (TPSA) is 57.9 Å². The predicted molar refractivity (Wildman–Crippen MR) is 74.0 cm³/mol. The third-order valence-electron chi connectivity index (χ3n) is 2.48. The summed E-state index contributed by atoms with van der Waals surface area (Å²) in [4.78, 5) is 22.0. The highest BCUT2D eigenvalue weighted by atomic mass is 16.1. The van der Waals surface area contributed by atoms with Crippen LogP contribution in [0.2, 0.25) is 0 Å². The monoisotopic (exact) mass is 253 g/mol. The standard InChI is InChI=1S/C8H13NO.C7H14O/c1-6(5-9)7(10)8(2,3)4;1-5-6(8)7(2,3)4/h6H,1-4H3;5H2,1-4H3. The molecule has 0 bridgehead atoms. The first-order chi connectivity index (χ1) is 7.87. The van der Waals surface area contributed by atoms with Gasteiger partial charge in [-0.1, -0.05) is 48.5 Å². The van der Waals surface area contributed by atoms with Gasteiger partial charge in [-0.25, -0.2) is 0 Å². The van der Waals surface area contributed by atoms with E-state index < -0.39 is 5.92 Å². The van der Waals surface area contributed by atoms with Crippen molar-refractivity contribution in [2.75, 3.05) is 0 Å². The summed E-state index contributed by atoms with van der Waals surface area (Å²) < 4.78 is 0. The van der Waals surface area contributed by atoms with E-state index >= 15 is 0 Å². The lowest BCUT2D eigenvalue weighted by molar-refractivity contribution is -0.128. The molecule has 1 atom stereocenters. The molecule has 0 aliphatic rings. The van der Waals surface area contributed by atoms with Crippen molar-refractivity contribution in [1.82, 2.24) is 0 Å². The molecular weight excluding hydrogens is 226 g/mol. The molecule has 0 aliphatic heterocycles. The molecule has 3 heteroatoms. The summed E-state index contributed by atoms with van der Waals surface area (Å²) in [6, 6.07) is 1.92. The lowest BCUT2D eigenvalue weighted by Crippen LogP contribution is -2.25. The van der Waals surface area contributed by atoms with Gasteiger partial charge in [-0.05, 0) is 6.92 Å². The SMILES string of the molecule is CC(C#N)C(=O)C(C)(C)C.CCC(=O)C(C)(C)C. The molecule has 0 saturated heterocycles. The van der Waals surface area contributed by atoms with E-state index in [-0.39, 0.29) is 16.6 Å². The highest BCUT2D eigenvalue weighted by molar-refractivity contribution is 5.87. The van der Waals surface area contributed by atoms with Crippen LogP contribution in [0, 0.1) is 28.1 Å². The van der Waals surface area contributed by atoms with Crippen LogP contribution >= 0.6 is 0 Å². The number of rotatable bonds is 2. The van der Waals surface area contributed by atoms with E-state index in [4.69, 9.17) is 5.26 Å². The van der Waals surface area contributed by atoms with Gasteiger partial charge in [0.2, 0.25) is 0 Å². The lowest BCUT2D eigenvalue weighted by atomic mass is 9.84. The Morgan fingerprint density at radius 1 is 1.06 bits per heavy atom. The van der Waals surface area contributed by atoms with Crippen LogP contribution in [0.3, 0.4) is 0 Å². The van der Waals surface area contributed by atoms with Crippen molar-refractivity contribution in [2.45, 2.75) is 61.8 Å². The third kappa shape index (κ3) is 8.00. The molecule has 0 saturated carbocycles. The maximum Gasteiger partial charge on any atom is 0.154 e. The van der Waals surface area contributed by atoms with E-state index in [9.17, 15) is 9.59 Å². The van der Waals surface area contributed by atoms with Gasteiger partial charge >= 0.3 is 0 Å². The molecule has 0 N–H and O–H groups in total. The number of carbonyl (C=O) groups excluding carboxylic acids is 2. The Bertz CT molecular complexity index is 324. The van der Waals surface area contributed by atoms with Crippen LogP contribution in [0.5, 0.6) is 0 Å². The van der Waals surface area contributed by atoms with Gasteiger partial charge in [0.05, 0.1) is 6.07 Å². The molecule has 0 aromatic rings. The zero-order chi connectivity index (χ0) is 15.1.